The Hall–Kier alpha value is -2.12. The second-order valence-electron chi connectivity index (χ2n) is 5.26. The van der Waals surface area contributed by atoms with Crippen LogP contribution in [0.2, 0.25) is 0 Å². The molecule has 2 heterocycles. The number of methoxy groups -OCH3 is 1. The standard InChI is InChI=1S/C16H19N3O3S/c1-22-14-5-4-6-15(13-14)23(20,21)19-11-9-18(10-12-19)16-7-2-3-8-17-16/h2-8,13H,9-12H2,1H3. The lowest BCUT2D eigenvalue weighted by Gasteiger charge is -2.34. The average molecular weight is 333 g/mol. The van der Waals surface area contributed by atoms with Crippen LogP contribution < -0.4 is 9.64 Å². The number of ether oxygens (including phenoxy) is 1. The molecule has 7 heteroatoms. The van der Waals surface area contributed by atoms with E-state index in [4.69, 9.17) is 4.74 Å². The van der Waals surface area contributed by atoms with Gasteiger partial charge in [-0.1, -0.05) is 12.1 Å². The summed E-state index contributed by atoms with van der Waals surface area (Å²) in [5.41, 5.74) is 0. The highest BCUT2D eigenvalue weighted by Gasteiger charge is 2.29. The van der Waals surface area contributed by atoms with Gasteiger partial charge in [-0.15, -0.1) is 0 Å². The third-order valence-corrected chi connectivity index (χ3v) is 5.79. The van der Waals surface area contributed by atoms with Crippen molar-refractivity contribution in [1.29, 1.82) is 0 Å². The molecule has 3 rings (SSSR count). The molecule has 0 atom stereocenters. The molecule has 1 aromatic heterocycles. The van der Waals surface area contributed by atoms with Gasteiger partial charge in [-0.05, 0) is 24.3 Å². The maximum absolute atomic E-state index is 12.7. The molecule has 0 aliphatic carbocycles. The van der Waals surface area contributed by atoms with Gasteiger partial charge in [-0.25, -0.2) is 13.4 Å². The minimum atomic E-state index is -3.49. The predicted octanol–water partition coefficient (Wildman–Crippen LogP) is 1.60. The zero-order chi connectivity index (χ0) is 16.3. The van der Waals surface area contributed by atoms with E-state index in [2.05, 4.69) is 9.88 Å². The molecule has 1 aliphatic heterocycles. The molecule has 1 aliphatic rings. The molecule has 2 aromatic rings. The molecule has 1 fully saturated rings. The summed E-state index contributed by atoms with van der Waals surface area (Å²) in [6, 6.07) is 12.3. The molecule has 122 valence electrons. The molecule has 0 unspecified atom stereocenters. The van der Waals surface area contributed by atoms with Crippen LogP contribution >= 0.6 is 0 Å². The molecule has 1 aromatic carbocycles. The third-order valence-electron chi connectivity index (χ3n) is 3.89. The number of hydrogen-bond acceptors (Lipinski definition) is 5. The van der Waals surface area contributed by atoms with Gasteiger partial charge in [0.2, 0.25) is 10.0 Å². The molecular weight excluding hydrogens is 314 g/mol. The molecule has 0 saturated carbocycles. The van der Waals surface area contributed by atoms with Gasteiger partial charge in [0.25, 0.3) is 0 Å². The number of rotatable bonds is 4. The molecule has 23 heavy (non-hydrogen) atoms. The van der Waals surface area contributed by atoms with E-state index in [9.17, 15) is 8.42 Å². The van der Waals surface area contributed by atoms with E-state index in [0.717, 1.165) is 5.82 Å². The van der Waals surface area contributed by atoms with Crippen LogP contribution in [0.4, 0.5) is 5.82 Å². The van der Waals surface area contributed by atoms with Crippen molar-refractivity contribution in [3.8, 4) is 5.75 Å². The Kier molecular flexibility index (Phi) is 4.49. The second-order valence-corrected chi connectivity index (χ2v) is 7.20. The summed E-state index contributed by atoms with van der Waals surface area (Å²) < 4.78 is 32.1. The molecule has 6 nitrogen and oxygen atoms in total. The number of benzene rings is 1. The highest BCUT2D eigenvalue weighted by molar-refractivity contribution is 7.89. The summed E-state index contributed by atoms with van der Waals surface area (Å²) in [6.07, 6.45) is 1.74. The van der Waals surface area contributed by atoms with Crippen molar-refractivity contribution in [3.63, 3.8) is 0 Å². The van der Waals surface area contributed by atoms with Crippen LogP contribution in [0.5, 0.6) is 5.75 Å². The van der Waals surface area contributed by atoms with Crippen molar-refractivity contribution >= 4 is 15.8 Å². The summed E-state index contributed by atoms with van der Waals surface area (Å²) in [6.45, 7) is 2.13. The van der Waals surface area contributed by atoms with E-state index in [0.29, 0.717) is 31.9 Å². The van der Waals surface area contributed by atoms with Crippen molar-refractivity contribution in [1.82, 2.24) is 9.29 Å². The summed E-state index contributed by atoms with van der Waals surface area (Å²) in [4.78, 5) is 6.67. The lowest BCUT2D eigenvalue weighted by atomic mass is 10.3. The normalized spacial score (nSPS) is 16.3. The Balaban J connectivity index is 1.73. The highest BCUT2D eigenvalue weighted by Crippen LogP contribution is 2.22. The minimum Gasteiger partial charge on any atom is -0.497 e. The topological polar surface area (TPSA) is 62.7 Å². The molecule has 1 saturated heterocycles. The average Bonchev–Trinajstić information content (AvgIpc) is 2.62. The van der Waals surface area contributed by atoms with E-state index in [1.165, 1.54) is 11.4 Å². The molecule has 0 spiro atoms. The summed E-state index contributed by atoms with van der Waals surface area (Å²) in [7, 11) is -1.97. The van der Waals surface area contributed by atoms with Gasteiger partial charge in [-0.3, -0.25) is 0 Å². The van der Waals surface area contributed by atoms with Gasteiger partial charge < -0.3 is 9.64 Å². The molecule has 0 N–H and O–H groups in total. The predicted molar refractivity (Wildman–Crippen MR) is 88.2 cm³/mol. The lowest BCUT2D eigenvalue weighted by Crippen LogP contribution is -2.48. The smallest absolute Gasteiger partial charge is 0.243 e. The summed E-state index contributed by atoms with van der Waals surface area (Å²) in [5, 5.41) is 0. The monoisotopic (exact) mass is 333 g/mol. The Morgan fingerprint density at radius 2 is 1.83 bits per heavy atom. The Bertz CT molecular complexity index is 757. The Morgan fingerprint density at radius 3 is 2.48 bits per heavy atom. The first kappa shape index (κ1) is 15.8. The van der Waals surface area contributed by atoms with Gasteiger partial charge in [0.1, 0.15) is 11.6 Å². The van der Waals surface area contributed by atoms with E-state index in [1.54, 1.807) is 30.5 Å². The first-order valence-corrected chi connectivity index (χ1v) is 8.85. The van der Waals surface area contributed by atoms with Crippen LogP contribution in [-0.4, -0.2) is 51.0 Å². The highest BCUT2D eigenvalue weighted by atomic mass is 32.2. The molecular formula is C16H19N3O3S. The van der Waals surface area contributed by atoms with Crippen LogP contribution in [0.15, 0.2) is 53.6 Å². The van der Waals surface area contributed by atoms with Crippen LogP contribution in [0.3, 0.4) is 0 Å². The Morgan fingerprint density at radius 1 is 1.04 bits per heavy atom. The van der Waals surface area contributed by atoms with Crippen molar-refractivity contribution in [2.24, 2.45) is 0 Å². The van der Waals surface area contributed by atoms with Gasteiger partial charge in [0.05, 0.1) is 12.0 Å². The number of piperazine rings is 1. The number of sulfonamides is 1. The number of nitrogens with zero attached hydrogens (tertiary/aromatic N) is 3. The van der Waals surface area contributed by atoms with Crippen LogP contribution in [-0.2, 0) is 10.0 Å². The summed E-state index contributed by atoms with van der Waals surface area (Å²) >= 11 is 0. The van der Waals surface area contributed by atoms with Gasteiger partial charge in [0, 0.05) is 38.4 Å². The van der Waals surface area contributed by atoms with Crippen LogP contribution in [0, 0.1) is 0 Å². The van der Waals surface area contributed by atoms with E-state index >= 15 is 0 Å². The number of pyridine rings is 1. The minimum absolute atomic E-state index is 0.267. The molecule has 0 bridgehead atoms. The number of aromatic nitrogens is 1. The number of anilines is 1. The molecule has 0 radical (unpaired) electrons. The van der Waals surface area contributed by atoms with Crippen molar-refractivity contribution in [2.45, 2.75) is 4.90 Å². The number of hydrogen-bond donors (Lipinski definition) is 0. The SMILES string of the molecule is COc1cccc(S(=O)(=O)N2CCN(c3ccccn3)CC2)c1. The lowest BCUT2D eigenvalue weighted by molar-refractivity contribution is 0.382. The van der Waals surface area contributed by atoms with Gasteiger partial charge in [0.15, 0.2) is 0 Å². The van der Waals surface area contributed by atoms with Crippen LogP contribution in [0.25, 0.3) is 0 Å². The van der Waals surface area contributed by atoms with Gasteiger partial charge in [-0.2, -0.15) is 4.31 Å². The summed E-state index contributed by atoms with van der Waals surface area (Å²) in [5.74, 6) is 1.42. The fourth-order valence-corrected chi connectivity index (χ4v) is 4.07. The van der Waals surface area contributed by atoms with Crippen molar-refractivity contribution < 1.29 is 13.2 Å². The first-order valence-electron chi connectivity index (χ1n) is 7.41. The maximum Gasteiger partial charge on any atom is 0.243 e. The first-order chi connectivity index (χ1) is 11.1. The molecule has 0 amide bonds. The van der Waals surface area contributed by atoms with Gasteiger partial charge >= 0.3 is 0 Å². The quantitative estimate of drug-likeness (QED) is 0.850. The van der Waals surface area contributed by atoms with Crippen molar-refractivity contribution in [2.75, 3.05) is 38.2 Å². The second kappa shape index (κ2) is 6.55. The third kappa shape index (κ3) is 3.30. The van der Waals surface area contributed by atoms with E-state index in [-0.39, 0.29) is 4.90 Å². The fourth-order valence-electron chi connectivity index (χ4n) is 2.61. The van der Waals surface area contributed by atoms with Crippen molar-refractivity contribution in [3.05, 3.63) is 48.7 Å². The zero-order valence-corrected chi connectivity index (χ0v) is 13.7. The maximum atomic E-state index is 12.7. The fraction of sp³-hybridized carbons (Fsp3) is 0.312. The zero-order valence-electron chi connectivity index (χ0n) is 12.9. The largest absolute Gasteiger partial charge is 0.497 e. The van der Waals surface area contributed by atoms with Crippen LogP contribution in [0.1, 0.15) is 0 Å². The van der Waals surface area contributed by atoms with E-state index < -0.39 is 10.0 Å². The van der Waals surface area contributed by atoms with E-state index in [1.807, 2.05) is 18.2 Å². The Labute approximate surface area is 136 Å².